The summed E-state index contributed by atoms with van der Waals surface area (Å²) in [6, 6.07) is 19.8. The summed E-state index contributed by atoms with van der Waals surface area (Å²) in [7, 11) is 1.27. The summed E-state index contributed by atoms with van der Waals surface area (Å²) >= 11 is 0. The molecule has 8 rings (SSSR count). The zero-order valence-corrected chi connectivity index (χ0v) is 36.0. The molecule has 3 aromatic heterocycles. The number of halogens is 2. The average molecular weight is 880 g/mol. The van der Waals surface area contributed by atoms with Crippen LogP contribution in [0.2, 0.25) is 0 Å². The van der Waals surface area contributed by atoms with E-state index in [0.29, 0.717) is 35.8 Å². The van der Waals surface area contributed by atoms with Crippen molar-refractivity contribution >= 4 is 51.8 Å². The predicted molar refractivity (Wildman–Crippen MR) is 234 cm³/mol. The topological polar surface area (TPSA) is 200 Å². The van der Waals surface area contributed by atoms with Gasteiger partial charge in [-0.05, 0) is 109 Å². The fourth-order valence-corrected chi connectivity index (χ4v) is 9.14. The molecule has 336 valence electrons. The third-order valence-corrected chi connectivity index (χ3v) is 12.2. The molecule has 2 saturated heterocycles. The number of alkyl carbamates (subject to hydrolysis) is 1. The molecule has 64 heavy (non-hydrogen) atoms. The Balaban J connectivity index is 1.10. The number of benzene rings is 3. The number of ether oxygens (including phenoxy) is 2. The number of carbonyl (C=O) groups is 4. The second-order valence-corrected chi connectivity index (χ2v) is 17.0. The third kappa shape index (κ3) is 8.68. The largest absolute Gasteiger partial charge is 0.465 e. The highest BCUT2D eigenvalue weighted by atomic mass is 19.3. The van der Waals surface area contributed by atoms with Gasteiger partial charge in [0.2, 0.25) is 5.91 Å². The number of fused-ring (bicyclic) bond motifs is 2. The summed E-state index contributed by atoms with van der Waals surface area (Å²) in [6.07, 6.45) is 2.62. The molecule has 2 aliphatic heterocycles. The number of carboxylic acid groups (broad SMARTS) is 1. The number of H-pyrrole nitrogens is 2. The Kier molecular flexibility index (Phi) is 12.3. The van der Waals surface area contributed by atoms with E-state index in [4.69, 9.17) is 14.7 Å². The average Bonchev–Trinajstić information content (AvgIpc) is 4.12. The molecule has 5 N–H and O–H groups in total. The minimum absolute atomic E-state index is 0.0453. The van der Waals surface area contributed by atoms with Crippen LogP contribution in [0.15, 0.2) is 79.0 Å². The summed E-state index contributed by atoms with van der Waals surface area (Å²) < 4.78 is 37.2. The lowest BCUT2D eigenvalue weighted by Gasteiger charge is -2.33. The van der Waals surface area contributed by atoms with Gasteiger partial charge in [0.1, 0.15) is 23.7 Å². The van der Waals surface area contributed by atoms with Crippen molar-refractivity contribution in [1.82, 2.24) is 40.0 Å². The molecule has 0 spiro atoms. The highest BCUT2D eigenvalue weighted by Crippen LogP contribution is 2.48. The van der Waals surface area contributed by atoms with Gasteiger partial charge >= 0.3 is 18.8 Å². The highest BCUT2D eigenvalue weighted by Gasteiger charge is 2.39. The number of alkyl halides is 2. The Morgan fingerprint density at radius 3 is 2.02 bits per heavy atom. The van der Waals surface area contributed by atoms with Crippen molar-refractivity contribution in [3.63, 3.8) is 0 Å². The molecule has 2 aliphatic rings. The molecule has 0 aliphatic carbocycles. The number of hydrogen-bond donors (Lipinski definition) is 5. The second kappa shape index (κ2) is 18.0. The highest BCUT2D eigenvalue weighted by molar-refractivity contribution is 5.91. The van der Waals surface area contributed by atoms with Crippen LogP contribution in [0.4, 0.5) is 24.1 Å². The summed E-state index contributed by atoms with van der Waals surface area (Å²) in [5.74, 6) is 0.0531. The zero-order chi connectivity index (χ0) is 45.4. The van der Waals surface area contributed by atoms with Crippen LogP contribution in [0.1, 0.15) is 93.2 Å². The molecule has 18 heteroatoms. The van der Waals surface area contributed by atoms with Gasteiger partial charge in [-0.1, -0.05) is 39.8 Å². The summed E-state index contributed by atoms with van der Waals surface area (Å²) in [5, 5.41) is 14.4. The maximum atomic E-state index is 13.8. The van der Waals surface area contributed by atoms with E-state index >= 15 is 0 Å². The van der Waals surface area contributed by atoms with E-state index < -0.39 is 36.8 Å². The van der Waals surface area contributed by atoms with E-state index in [-0.39, 0.29) is 41.6 Å². The molecule has 3 aromatic carbocycles. The van der Waals surface area contributed by atoms with E-state index in [2.05, 4.69) is 42.4 Å². The lowest BCUT2D eigenvalue weighted by atomic mass is 10.0. The Morgan fingerprint density at radius 1 is 0.781 bits per heavy atom. The molecular formula is C46H51F2N9O7. The van der Waals surface area contributed by atoms with Gasteiger partial charge in [-0.15, -0.1) is 0 Å². The number of nitrogens with one attached hydrogen (secondary N) is 4. The molecule has 1 unspecified atom stereocenters. The van der Waals surface area contributed by atoms with Crippen LogP contribution in [-0.2, 0) is 9.53 Å². The maximum absolute atomic E-state index is 13.8. The number of methoxy groups -OCH3 is 1. The number of rotatable bonds is 13. The zero-order valence-electron chi connectivity index (χ0n) is 36.0. The van der Waals surface area contributed by atoms with Gasteiger partial charge in [0.05, 0.1) is 53.0 Å². The normalized spacial score (nSPS) is 18.6. The number of nitrogens with zero attached hydrogens (tertiary/aromatic N) is 5. The van der Waals surface area contributed by atoms with Crippen LogP contribution in [-0.4, -0.2) is 90.9 Å². The first-order valence-corrected chi connectivity index (χ1v) is 21.4. The Bertz CT molecular complexity index is 2680. The van der Waals surface area contributed by atoms with Gasteiger partial charge in [-0.2, -0.15) is 8.78 Å². The lowest BCUT2D eigenvalue weighted by molar-refractivity contribution is -0.135. The molecule has 5 atom stereocenters. The fraction of sp³-hybridized carbons (Fsp3) is 0.391. The minimum atomic E-state index is -2.96. The maximum Gasteiger partial charge on any atom is 0.407 e. The summed E-state index contributed by atoms with van der Waals surface area (Å²) in [4.78, 5) is 71.8. The van der Waals surface area contributed by atoms with Crippen molar-refractivity contribution < 1.29 is 42.5 Å². The molecule has 0 bridgehead atoms. The molecule has 16 nitrogen and oxygen atoms in total. The third-order valence-electron chi connectivity index (χ3n) is 12.2. The van der Waals surface area contributed by atoms with Gasteiger partial charge < -0.3 is 45.0 Å². The van der Waals surface area contributed by atoms with Crippen molar-refractivity contribution in [3.05, 3.63) is 95.9 Å². The number of imidazole rings is 2. The number of likely N-dealkylation sites (tertiary alicyclic amines) is 1. The first-order valence-electron chi connectivity index (χ1n) is 21.4. The van der Waals surface area contributed by atoms with Crippen LogP contribution >= 0.6 is 0 Å². The van der Waals surface area contributed by atoms with Crippen LogP contribution < -0.4 is 20.3 Å². The second-order valence-electron chi connectivity index (χ2n) is 17.0. The quantitative estimate of drug-likeness (QED) is 0.0749. The van der Waals surface area contributed by atoms with Crippen molar-refractivity contribution in [2.45, 2.75) is 90.2 Å². The van der Waals surface area contributed by atoms with E-state index in [1.54, 1.807) is 49.2 Å². The van der Waals surface area contributed by atoms with Crippen molar-refractivity contribution in [2.24, 2.45) is 11.8 Å². The molecular weight excluding hydrogens is 829 g/mol. The van der Waals surface area contributed by atoms with Crippen molar-refractivity contribution in [2.75, 3.05) is 18.6 Å². The number of carbonyl (C=O) groups excluding carboxylic acids is 3. The minimum Gasteiger partial charge on any atom is -0.465 e. The smallest absolute Gasteiger partial charge is 0.407 e. The molecule has 2 fully saturated rings. The van der Waals surface area contributed by atoms with Gasteiger partial charge in [-0.3, -0.25) is 14.2 Å². The van der Waals surface area contributed by atoms with Gasteiger partial charge in [0.25, 0.3) is 5.91 Å². The van der Waals surface area contributed by atoms with Crippen LogP contribution in [0.3, 0.4) is 0 Å². The SMILES string of the molecule is COC(=O)N[C@H](C(=O)N1CCC[C@H]1c1nc2cc(C3CC[C@H](c4ccc5[nH]c(-c6cccn6C(=O)[C@@H](NC(=O)O)C(C)C)nc5c4)N3c3ccc(OC(F)F)cc3)ccc2[nH]1)C(C)C. The predicted octanol–water partition coefficient (Wildman–Crippen LogP) is 8.57. The Morgan fingerprint density at radius 2 is 1.41 bits per heavy atom. The molecule has 5 heterocycles. The van der Waals surface area contributed by atoms with E-state index in [9.17, 15) is 33.1 Å². The molecule has 6 aromatic rings. The number of aromatic amines is 2. The van der Waals surface area contributed by atoms with Gasteiger partial charge in [0.15, 0.2) is 5.82 Å². The first-order chi connectivity index (χ1) is 30.7. The van der Waals surface area contributed by atoms with Crippen LogP contribution in [0.5, 0.6) is 5.75 Å². The Hall–Kier alpha value is -6.98. The number of anilines is 1. The Labute approximate surface area is 367 Å². The van der Waals surface area contributed by atoms with Crippen molar-refractivity contribution in [3.8, 4) is 17.3 Å². The fourth-order valence-electron chi connectivity index (χ4n) is 9.14. The van der Waals surface area contributed by atoms with Gasteiger partial charge in [-0.25, -0.2) is 19.6 Å². The molecule has 3 amide bonds. The van der Waals surface area contributed by atoms with Crippen LogP contribution in [0.25, 0.3) is 33.6 Å². The molecule has 0 saturated carbocycles. The summed E-state index contributed by atoms with van der Waals surface area (Å²) in [5.41, 5.74) is 6.18. The lowest BCUT2D eigenvalue weighted by Crippen LogP contribution is -2.51. The number of amides is 3. The number of hydrogen-bond acceptors (Lipinski definition) is 9. The standard InChI is InChI=1S/C46H51F2N9O7/c1-24(2)38(53-45(60)61)42(58)55-20-6-8-36(55)40-49-30-16-10-26(22-32(30)51-40)34-18-19-35(57(34)28-12-14-29(15-13-28)64-44(47)48)27-11-17-31-33(23-27)52-41(50-31)37-9-7-21-56(37)43(59)39(25(3)4)54-46(62)63-5/h6,8,10-17,20,22-25,34-35,37-39,44,53H,7,9,18-19,21H2,1-5H3,(H,49,51)(H,50,52)(H,54,62)(H,60,61)/t34-,35?,37+,38+,39+/m1/s1. The van der Waals surface area contributed by atoms with Crippen LogP contribution in [0, 0.1) is 11.8 Å². The van der Waals surface area contributed by atoms with Crippen molar-refractivity contribution in [1.29, 1.82) is 0 Å². The monoisotopic (exact) mass is 879 g/mol. The van der Waals surface area contributed by atoms with E-state index in [1.165, 1.54) is 23.8 Å². The van der Waals surface area contributed by atoms with Gasteiger partial charge in [0, 0.05) is 18.4 Å². The molecule has 0 radical (unpaired) electrons. The van der Waals surface area contributed by atoms with E-state index in [1.807, 2.05) is 38.1 Å². The first kappa shape index (κ1) is 43.7. The van der Waals surface area contributed by atoms with E-state index in [0.717, 1.165) is 52.6 Å². The summed E-state index contributed by atoms with van der Waals surface area (Å²) in [6.45, 7) is 4.86. The number of aromatic nitrogens is 5.